The maximum absolute atomic E-state index is 14.3. The second-order valence-electron chi connectivity index (χ2n) is 7.33. The summed E-state index contributed by atoms with van der Waals surface area (Å²) < 4.78 is 60.3. The number of methoxy groups -OCH3 is 1. The Hall–Kier alpha value is -3.92. The lowest BCUT2D eigenvalue weighted by Crippen LogP contribution is -2.11. The van der Waals surface area contributed by atoms with Gasteiger partial charge in [0.25, 0.3) is 0 Å². The topological polar surface area (TPSA) is 97.6 Å². The largest absolute Gasteiger partial charge is 0.495 e. The molecule has 0 unspecified atom stereocenters. The minimum absolute atomic E-state index is 0.0970. The third kappa shape index (κ3) is 4.37. The summed E-state index contributed by atoms with van der Waals surface area (Å²) in [6, 6.07) is 14.0. The molecule has 1 aromatic heterocycles. The number of fused-ring (bicyclic) bond motifs is 1. The van der Waals surface area contributed by atoms with Gasteiger partial charge in [-0.2, -0.15) is 0 Å². The van der Waals surface area contributed by atoms with Crippen molar-refractivity contribution in [2.75, 3.05) is 18.1 Å². The van der Waals surface area contributed by atoms with Crippen molar-refractivity contribution < 1.29 is 31.8 Å². The van der Waals surface area contributed by atoms with Crippen LogP contribution in [0.3, 0.4) is 0 Å². The zero-order chi connectivity index (χ0) is 23.9. The lowest BCUT2D eigenvalue weighted by molar-refractivity contribution is 0.0688. The van der Waals surface area contributed by atoms with E-state index in [2.05, 4.69) is 4.72 Å². The molecule has 0 saturated carbocycles. The van der Waals surface area contributed by atoms with Crippen LogP contribution in [0.1, 0.15) is 10.5 Å². The van der Waals surface area contributed by atoms with E-state index in [0.717, 1.165) is 18.4 Å². The van der Waals surface area contributed by atoms with Gasteiger partial charge in [0.2, 0.25) is 10.0 Å². The lowest BCUT2D eigenvalue weighted by atomic mass is 10.0. The van der Waals surface area contributed by atoms with Crippen molar-refractivity contribution in [1.29, 1.82) is 0 Å². The van der Waals surface area contributed by atoms with Gasteiger partial charge < -0.3 is 14.4 Å². The van der Waals surface area contributed by atoms with Gasteiger partial charge in [0.1, 0.15) is 23.1 Å². The Morgan fingerprint density at radius 3 is 2.45 bits per heavy atom. The smallest absolute Gasteiger partial charge is 0.352 e. The van der Waals surface area contributed by atoms with Crippen LogP contribution in [0.4, 0.5) is 14.5 Å². The molecule has 7 nitrogen and oxygen atoms in total. The Morgan fingerprint density at radius 1 is 1.06 bits per heavy atom. The van der Waals surface area contributed by atoms with E-state index >= 15 is 0 Å². The minimum atomic E-state index is -3.64. The van der Waals surface area contributed by atoms with E-state index in [1.165, 1.54) is 35.9 Å². The Balaban J connectivity index is 1.97. The highest BCUT2D eigenvalue weighted by Gasteiger charge is 2.20. The molecule has 1 heterocycles. The number of carboxylic acid groups (broad SMARTS) is 1. The van der Waals surface area contributed by atoms with E-state index in [-0.39, 0.29) is 22.7 Å². The molecule has 0 aliphatic heterocycles. The van der Waals surface area contributed by atoms with Crippen LogP contribution in [0, 0.1) is 11.6 Å². The number of aromatic nitrogens is 1. The number of nitrogens with zero attached hydrogens (tertiary/aromatic N) is 1. The summed E-state index contributed by atoms with van der Waals surface area (Å²) in [7, 11) is -2.28. The van der Waals surface area contributed by atoms with Gasteiger partial charge in [-0.15, -0.1) is 0 Å². The number of hydrogen-bond donors (Lipinski definition) is 2. The average molecular weight is 472 g/mol. The zero-order valence-corrected chi connectivity index (χ0v) is 18.3. The molecule has 0 bridgehead atoms. The van der Waals surface area contributed by atoms with Crippen LogP contribution in [0.2, 0.25) is 0 Å². The number of ether oxygens (including phenoxy) is 1. The van der Waals surface area contributed by atoms with E-state index in [1.807, 2.05) is 0 Å². The molecule has 33 heavy (non-hydrogen) atoms. The molecule has 2 N–H and O–H groups in total. The van der Waals surface area contributed by atoms with E-state index in [9.17, 15) is 27.1 Å². The van der Waals surface area contributed by atoms with Gasteiger partial charge in [-0.25, -0.2) is 22.0 Å². The van der Waals surface area contributed by atoms with Crippen LogP contribution in [0.15, 0.2) is 60.7 Å². The monoisotopic (exact) mass is 472 g/mol. The molecule has 0 amide bonds. The third-order valence-electron chi connectivity index (χ3n) is 4.98. The van der Waals surface area contributed by atoms with Gasteiger partial charge >= 0.3 is 5.97 Å². The number of sulfonamides is 1. The fraction of sp³-hybridized carbons (Fsp3) is 0.0870. The summed E-state index contributed by atoms with van der Waals surface area (Å²) in [5, 5.41) is 10.3. The first-order valence-corrected chi connectivity index (χ1v) is 11.5. The van der Waals surface area contributed by atoms with Crippen molar-refractivity contribution in [1.82, 2.24) is 4.57 Å². The normalized spacial score (nSPS) is 11.5. The first-order chi connectivity index (χ1) is 15.6. The second-order valence-corrected chi connectivity index (χ2v) is 9.08. The predicted octanol–water partition coefficient (Wildman–Crippen LogP) is 4.65. The summed E-state index contributed by atoms with van der Waals surface area (Å²) in [5.74, 6) is -2.48. The molecule has 0 spiro atoms. The fourth-order valence-corrected chi connectivity index (χ4v) is 4.21. The number of carbonyl (C=O) groups is 1. The molecule has 170 valence electrons. The number of benzene rings is 3. The van der Waals surface area contributed by atoms with E-state index in [4.69, 9.17) is 4.74 Å². The van der Waals surface area contributed by atoms with Crippen molar-refractivity contribution in [3.63, 3.8) is 0 Å². The van der Waals surface area contributed by atoms with Gasteiger partial charge in [-0.1, -0.05) is 12.1 Å². The summed E-state index contributed by atoms with van der Waals surface area (Å²) >= 11 is 0. The van der Waals surface area contributed by atoms with Crippen LogP contribution in [-0.2, 0) is 10.0 Å². The summed E-state index contributed by atoms with van der Waals surface area (Å²) in [6.45, 7) is 0. The maximum atomic E-state index is 14.3. The number of aromatic carboxylic acids is 1. The summed E-state index contributed by atoms with van der Waals surface area (Å²) in [6.07, 6.45) is 0.985. The zero-order valence-electron chi connectivity index (χ0n) is 17.5. The predicted molar refractivity (Wildman–Crippen MR) is 121 cm³/mol. The number of hydrogen-bond acceptors (Lipinski definition) is 4. The highest BCUT2D eigenvalue weighted by atomic mass is 32.2. The van der Waals surface area contributed by atoms with Gasteiger partial charge in [0, 0.05) is 22.7 Å². The highest BCUT2D eigenvalue weighted by Crippen LogP contribution is 2.35. The molecular weight excluding hydrogens is 454 g/mol. The average Bonchev–Trinajstić information content (AvgIpc) is 3.10. The molecule has 0 saturated heterocycles. The van der Waals surface area contributed by atoms with Gasteiger partial charge in [0.05, 0.1) is 24.6 Å². The molecule has 0 fully saturated rings. The lowest BCUT2D eigenvalue weighted by Gasteiger charge is -2.14. The summed E-state index contributed by atoms with van der Waals surface area (Å²) in [5.41, 5.74) is 1.36. The van der Waals surface area contributed by atoms with E-state index < -0.39 is 27.6 Å². The van der Waals surface area contributed by atoms with Crippen LogP contribution in [0.25, 0.3) is 27.7 Å². The molecule has 10 heteroatoms. The van der Waals surface area contributed by atoms with Crippen molar-refractivity contribution in [3.05, 3.63) is 78.0 Å². The van der Waals surface area contributed by atoms with Gasteiger partial charge in [0.15, 0.2) is 0 Å². The van der Waals surface area contributed by atoms with Crippen molar-refractivity contribution in [3.8, 4) is 22.6 Å². The molecule has 0 radical (unpaired) electrons. The molecule has 4 aromatic rings. The van der Waals surface area contributed by atoms with Crippen molar-refractivity contribution >= 4 is 32.6 Å². The quantitative estimate of drug-likeness (QED) is 0.426. The van der Waals surface area contributed by atoms with Gasteiger partial charge in [-0.05, 0) is 48.0 Å². The Kier molecular flexibility index (Phi) is 5.54. The highest BCUT2D eigenvalue weighted by molar-refractivity contribution is 7.92. The molecule has 0 aliphatic carbocycles. The van der Waals surface area contributed by atoms with Crippen LogP contribution in [-0.4, -0.2) is 37.4 Å². The molecule has 3 aromatic carbocycles. The van der Waals surface area contributed by atoms with E-state index in [1.54, 1.807) is 24.3 Å². The first kappa shape index (κ1) is 22.3. The van der Waals surface area contributed by atoms with Crippen molar-refractivity contribution in [2.24, 2.45) is 0 Å². The van der Waals surface area contributed by atoms with Crippen molar-refractivity contribution in [2.45, 2.75) is 0 Å². The minimum Gasteiger partial charge on any atom is -0.495 e. The Morgan fingerprint density at radius 2 is 1.82 bits per heavy atom. The Bertz CT molecular complexity index is 1510. The summed E-state index contributed by atoms with van der Waals surface area (Å²) in [4.78, 5) is 12.0. The molecular formula is C23H18F2N2O5S. The van der Waals surface area contributed by atoms with E-state index in [0.29, 0.717) is 22.2 Å². The number of halogens is 2. The second kappa shape index (κ2) is 8.21. The first-order valence-electron chi connectivity index (χ1n) is 9.58. The maximum Gasteiger partial charge on any atom is 0.352 e. The van der Waals surface area contributed by atoms with Crippen LogP contribution in [0.5, 0.6) is 5.75 Å². The molecule has 4 rings (SSSR count). The number of anilines is 1. The molecule has 0 aliphatic rings. The SMILES string of the molecule is COc1cc2cc(C(=O)O)n(-c3cccc(-c4ccc(F)cc4F)c3)c2cc1NS(C)(=O)=O. The van der Waals surface area contributed by atoms with Gasteiger partial charge in [-0.3, -0.25) is 4.72 Å². The fourth-order valence-electron chi connectivity index (χ4n) is 3.66. The molecule has 0 atom stereocenters. The number of nitrogens with one attached hydrogen (secondary N) is 1. The third-order valence-corrected chi connectivity index (χ3v) is 5.57. The number of carboxylic acids is 1. The Labute approximate surface area is 187 Å². The van der Waals surface area contributed by atoms with Crippen LogP contribution >= 0.6 is 0 Å². The van der Waals surface area contributed by atoms with Crippen LogP contribution < -0.4 is 9.46 Å². The standard InChI is InChI=1S/C23H18F2N2O5S/c1-32-22-10-14-9-21(23(28)29)27(20(14)12-19(22)26-33(2,30)31)16-5-3-4-13(8-16)17-7-6-15(24)11-18(17)25/h3-12,26H,1-2H3,(H,28,29). The number of rotatable bonds is 6.